The van der Waals surface area contributed by atoms with Gasteiger partial charge in [0.1, 0.15) is 0 Å². The quantitative estimate of drug-likeness (QED) is 0.812. The maximum absolute atomic E-state index is 13.9. The molecule has 5 heteroatoms. The van der Waals surface area contributed by atoms with Gasteiger partial charge in [0.15, 0.2) is 0 Å². The van der Waals surface area contributed by atoms with Crippen molar-refractivity contribution in [3.05, 3.63) is 0 Å². The minimum atomic E-state index is -2.23. The molecule has 0 bridgehead atoms. The van der Waals surface area contributed by atoms with Gasteiger partial charge in [-0.05, 0) is 24.7 Å². The molecular formula is C13H18FNO3. The summed E-state index contributed by atoms with van der Waals surface area (Å²) >= 11 is 0. The first-order valence-corrected chi connectivity index (χ1v) is 6.74. The van der Waals surface area contributed by atoms with E-state index in [1.165, 1.54) is 17.7 Å². The van der Waals surface area contributed by atoms with Gasteiger partial charge in [-0.15, -0.1) is 0 Å². The number of carbonyl (C=O) groups excluding carboxylic acids is 1. The van der Waals surface area contributed by atoms with Crippen molar-refractivity contribution in [1.82, 2.24) is 4.90 Å². The minimum Gasteiger partial charge on any atom is -0.479 e. The number of hydrogen-bond donors (Lipinski definition) is 1. The first-order chi connectivity index (χ1) is 8.53. The number of rotatable bonds is 2. The lowest BCUT2D eigenvalue weighted by atomic mass is 10.0. The largest absolute Gasteiger partial charge is 0.479 e. The number of halogens is 1. The van der Waals surface area contributed by atoms with E-state index < -0.39 is 11.6 Å². The summed E-state index contributed by atoms with van der Waals surface area (Å²) in [5, 5.41) is 8.82. The number of alkyl halides is 1. The molecule has 2 saturated carbocycles. The summed E-state index contributed by atoms with van der Waals surface area (Å²) in [6, 6.07) is 0. The summed E-state index contributed by atoms with van der Waals surface area (Å²) < 4.78 is 13.9. The van der Waals surface area contributed by atoms with Crippen molar-refractivity contribution < 1.29 is 19.1 Å². The molecule has 18 heavy (non-hydrogen) atoms. The number of fused-ring (bicyclic) bond motifs is 1. The second kappa shape index (κ2) is 3.93. The fraction of sp³-hybridized carbons (Fsp3) is 0.846. The average Bonchev–Trinajstić information content (AvgIpc) is 2.94. The number of aliphatic carboxylic acids is 1. The van der Waals surface area contributed by atoms with E-state index in [1.807, 2.05) is 0 Å². The van der Waals surface area contributed by atoms with Crippen LogP contribution in [0.4, 0.5) is 4.39 Å². The predicted molar refractivity (Wildman–Crippen MR) is 61.6 cm³/mol. The van der Waals surface area contributed by atoms with E-state index in [9.17, 15) is 14.0 Å². The molecule has 1 saturated heterocycles. The highest BCUT2D eigenvalue weighted by Crippen LogP contribution is 2.56. The van der Waals surface area contributed by atoms with E-state index >= 15 is 0 Å². The van der Waals surface area contributed by atoms with Crippen molar-refractivity contribution in [2.24, 2.45) is 17.8 Å². The molecule has 0 aromatic rings. The van der Waals surface area contributed by atoms with Crippen LogP contribution in [0.3, 0.4) is 0 Å². The number of likely N-dealkylation sites (tertiary alicyclic amines) is 1. The highest BCUT2D eigenvalue weighted by Gasteiger charge is 2.58. The molecule has 1 N–H and O–H groups in total. The number of hydrogen-bond acceptors (Lipinski definition) is 2. The topological polar surface area (TPSA) is 57.6 Å². The molecule has 0 radical (unpaired) electrons. The van der Waals surface area contributed by atoms with E-state index in [0.717, 1.165) is 12.8 Å². The molecule has 1 amide bonds. The zero-order valence-electron chi connectivity index (χ0n) is 10.3. The third kappa shape index (κ3) is 1.71. The molecule has 100 valence electrons. The molecule has 3 aliphatic rings. The van der Waals surface area contributed by atoms with Crippen LogP contribution < -0.4 is 0 Å². The van der Waals surface area contributed by atoms with Crippen LogP contribution in [0.15, 0.2) is 0 Å². The zero-order chi connectivity index (χ0) is 12.9. The molecule has 0 aromatic heterocycles. The molecule has 1 aliphatic heterocycles. The van der Waals surface area contributed by atoms with Crippen molar-refractivity contribution in [2.75, 3.05) is 13.1 Å². The minimum absolute atomic E-state index is 0.00678. The monoisotopic (exact) mass is 255 g/mol. The summed E-state index contributed by atoms with van der Waals surface area (Å²) in [6.45, 7) is -0.0192. The Kier molecular flexibility index (Phi) is 2.61. The van der Waals surface area contributed by atoms with Crippen molar-refractivity contribution in [2.45, 2.75) is 37.8 Å². The van der Waals surface area contributed by atoms with Crippen molar-refractivity contribution in [3.8, 4) is 0 Å². The predicted octanol–water partition coefficient (Wildman–Crippen LogP) is 1.45. The highest BCUT2D eigenvalue weighted by molar-refractivity contribution is 5.85. The van der Waals surface area contributed by atoms with Crippen LogP contribution in [-0.2, 0) is 9.59 Å². The van der Waals surface area contributed by atoms with Crippen LogP contribution in [-0.4, -0.2) is 40.6 Å². The van der Waals surface area contributed by atoms with Crippen molar-refractivity contribution >= 4 is 11.9 Å². The molecule has 4 nitrogen and oxygen atoms in total. The SMILES string of the molecule is O=C(C1C2CCCCC21)N1CCC(F)(C(=O)O)C1. The Balaban J connectivity index is 1.64. The standard InChI is InChI=1S/C13H18FNO3/c14-13(12(17)18)5-6-15(7-13)11(16)10-8-3-1-2-4-9(8)10/h8-10H,1-7H2,(H,17,18). The second-order valence-corrected chi connectivity index (χ2v) is 5.92. The van der Waals surface area contributed by atoms with Crippen LogP contribution in [0, 0.1) is 17.8 Å². The molecule has 1 heterocycles. The Hall–Kier alpha value is -1.13. The van der Waals surface area contributed by atoms with Gasteiger partial charge in [0.25, 0.3) is 0 Å². The van der Waals surface area contributed by atoms with E-state index in [1.54, 1.807) is 0 Å². The number of carboxylic acids is 1. The van der Waals surface area contributed by atoms with Crippen LogP contribution >= 0.6 is 0 Å². The molecule has 0 spiro atoms. The molecule has 0 aromatic carbocycles. The third-order valence-electron chi connectivity index (χ3n) is 4.86. The normalized spacial score (nSPS) is 42.5. The van der Waals surface area contributed by atoms with Crippen molar-refractivity contribution in [1.29, 1.82) is 0 Å². The molecule has 3 atom stereocenters. The maximum atomic E-state index is 13.9. The van der Waals surface area contributed by atoms with E-state index in [-0.39, 0.29) is 31.3 Å². The molecule has 3 unspecified atom stereocenters. The Morgan fingerprint density at radius 2 is 1.83 bits per heavy atom. The smallest absolute Gasteiger partial charge is 0.343 e. The highest BCUT2D eigenvalue weighted by atomic mass is 19.1. The number of carbonyl (C=O) groups is 2. The van der Waals surface area contributed by atoms with E-state index in [2.05, 4.69) is 0 Å². The van der Waals surface area contributed by atoms with Crippen LogP contribution in [0.5, 0.6) is 0 Å². The van der Waals surface area contributed by atoms with Gasteiger partial charge in [0.05, 0.1) is 6.54 Å². The van der Waals surface area contributed by atoms with Gasteiger partial charge in [0, 0.05) is 18.9 Å². The lowest BCUT2D eigenvalue weighted by Gasteiger charge is -2.17. The summed E-state index contributed by atoms with van der Waals surface area (Å²) in [5.41, 5.74) is -2.23. The van der Waals surface area contributed by atoms with Gasteiger partial charge in [-0.2, -0.15) is 0 Å². The maximum Gasteiger partial charge on any atom is 0.343 e. The first kappa shape index (κ1) is 11.9. The summed E-state index contributed by atoms with van der Waals surface area (Å²) in [4.78, 5) is 24.5. The van der Waals surface area contributed by atoms with Gasteiger partial charge in [-0.1, -0.05) is 12.8 Å². The van der Waals surface area contributed by atoms with Gasteiger partial charge in [-0.3, -0.25) is 4.79 Å². The van der Waals surface area contributed by atoms with E-state index in [0.29, 0.717) is 11.8 Å². The Morgan fingerprint density at radius 3 is 2.33 bits per heavy atom. The molecule has 3 rings (SSSR count). The third-order valence-corrected chi connectivity index (χ3v) is 4.86. The summed E-state index contributed by atoms with van der Waals surface area (Å²) in [5.74, 6) is -0.404. The second-order valence-electron chi connectivity index (χ2n) is 5.92. The van der Waals surface area contributed by atoms with Gasteiger partial charge >= 0.3 is 5.97 Å². The number of amides is 1. The lowest BCUT2D eigenvalue weighted by molar-refractivity contribution is -0.150. The average molecular weight is 255 g/mol. The Bertz CT molecular complexity index is 388. The lowest BCUT2D eigenvalue weighted by Crippen LogP contribution is -2.39. The van der Waals surface area contributed by atoms with Gasteiger partial charge in [0.2, 0.25) is 11.6 Å². The fourth-order valence-electron chi connectivity index (χ4n) is 3.70. The van der Waals surface area contributed by atoms with Crippen LogP contribution in [0.2, 0.25) is 0 Å². The summed E-state index contributed by atoms with van der Waals surface area (Å²) in [7, 11) is 0. The number of carboxylic acid groups (broad SMARTS) is 1. The van der Waals surface area contributed by atoms with Gasteiger partial charge < -0.3 is 10.0 Å². The zero-order valence-corrected chi connectivity index (χ0v) is 10.3. The van der Waals surface area contributed by atoms with Crippen molar-refractivity contribution in [3.63, 3.8) is 0 Å². The molecule has 2 aliphatic carbocycles. The number of nitrogens with zero attached hydrogens (tertiary/aromatic N) is 1. The Labute approximate surface area is 105 Å². The fourth-order valence-corrected chi connectivity index (χ4v) is 3.70. The van der Waals surface area contributed by atoms with Crippen LogP contribution in [0.25, 0.3) is 0 Å². The van der Waals surface area contributed by atoms with Gasteiger partial charge in [-0.25, -0.2) is 9.18 Å². The Morgan fingerprint density at radius 1 is 1.22 bits per heavy atom. The first-order valence-electron chi connectivity index (χ1n) is 6.74. The molecule has 3 fully saturated rings. The van der Waals surface area contributed by atoms with Crippen LogP contribution in [0.1, 0.15) is 32.1 Å². The molecular weight excluding hydrogens is 237 g/mol. The summed E-state index contributed by atoms with van der Waals surface area (Å²) in [6.07, 6.45) is 4.51. The van der Waals surface area contributed by atoms with E-state index in [4.69, 9.17) is 5.11 Å².